The SMILES string of the molecule is COc1ccnc(CCC(=O)c2cn(Cc3cn4cc(C5CC5)ccc4n3)nn2)c1F. The van der Waals surface area contributed by atoms with Gasteiger partial charge in [0.05, 0.1) is 31.2 Å². The molecule has 1 saturated carbocycles. The van der Waals surface area contributed by atoms with E-state index in [-0.39, 0.29) is 35.8 Å². The van der Waals surface area contributed by atoms with Gasteiger partial charge in [-0.1, -0.05) is 11.3 Å². The minimum absolute atomic E-state index is 0.0775. The monoisotopic (exact) mass is 420 g/mol. The summed E-state index contributed by atoms with van der Waals surface area (Å²) < 4.78 is 22.8. The van der Waals surface area contributed by atoms with Gasteiger partial charge in [0.15, 0.2) is 17.3 Å². The Hall–Kier alpha value is -3.62. The van der Waals surface area contributed by atoms with Crippen molar-refractivity contribution in [3.63, 3.8) is 0 Å². The van der Waals surface area contributed by atoms with Gasteiger partial charge in [-0.05, 0) is 30.4 Å². The number of rotatable bonds is 8. The van der Waals surface area contributed by atoms with Crippen LogP contribution in [0, 0.1) is 5.82 Å². The number of ether oxygens (including phenoxy) is 1. The summed E-state index contributed by atoms with van der Waals surface area (Å²) in [7, 11) is 1.39. The molecule has 4 heterocycles. The number of aryl methyl sites for hydroxylation is 1. The highest BCUT2D eigenvalue weighted by molar-refractivity contribution is 5.93. The lowest BCUT2D eigenvalue weighted by atomic mass is 10.1. The number of carbonyl (C=O) groups excluding carboxylic acids is 1. The van der Waals surface area contributed by atoms with E-state index in [1.54, 1.807) is 10.9 Å². The van der Waals surface area contributed by atoms with E-state index < -0.39 is 5.82 Å². The Morgan fingerprint density at radius 3 is 2.90 bits per heavy atom. The standard InChI is InChI=1S/C22H21FN6O2/c1-31-20-8-9-24-17(22(20)23)5-6-19(30)18-13-29(27-26-18)12-16-11-28-10-15(14-2-3-14)4-7-21(28)25-16/h4,7-11,13-14H,2-3,5-6,12H2,1H3. The third-order valence-corrected chi connectivity index (χ3v) is 5.46. The summed E-state index contributed by atoms with van der Waals surface area (Å²) in [5.74, 6) is 0.0253. The van der Waals surface area contributed by atoms with Crippen molar-refractivity contribution in [2.75, 3.05) is 7.11 Å². The quantitative estimate of drug-likeness (QED) is 0.407. The van der Waals surface area contributed by atoms with Crippen molar-refractivity contribution in [3.05, 3.63) is 71.4 Å². The molecule has 0 N–H and O–H groups in total. The highest BCUT2D eigenvalue weighted by Gasteiger charge is 2.23. The van der Waals surface area contributed by atoms with Gasteiger partial charge in [-0.15, -0.1) is 5.10 Å². The van der Waals surface area contributed by atoms with Crippen molar-refractivity contribution in [3.8, 4) is 5.75 Å². The molecular formula is C22H21FN6O2. The number of halogens is 1. The van der Waals surface area contributed by atoms with Crippen LogP contribution in [0.5, 0.6) is 5.75 Å². The fraction of sp³-hybridized carbons (Fsp3) is 0.318. The van der Waals surface area contributed by atoms with Crippen molar-refractivity contribution in [2.45, 2.75) is 38.1 Å². The minimum Gasteiger partial charge on any atom is -0.494 e. The van der Waals surface area contributed by atoms with Crippen molar-refractivity contribution >= 4 is 11.4 Å². The zero-order chi connectivity index (χ0) is 21.4. The second-order valence-electron chi connectivity index (χ2n) is 7.73. The number of hydrogen-bond acceptors (Lipinski definition) is 6. The fourth-order valence-corrected chi connectivity index (χ4v) is 3.62. The van der Waals surface area contributed by atoms with Crippen LogP contribution in [0.2, 0.25) is 0 Å². The molecule has 1 aliphatic carbocycles. The summed E-state index contributed by atoms with van der Waals surface area (Å²) in [6.07, 6.45) is 9.90. The molecule has 9 heteroatoms. The molecule has 158 valence electrons. The van der Waals surface area contributed by atoms with Gasteiger partial charge in [-0.25, -0.2) is 14.1 Å². The van der Waals surface area contributed by atoms with E-state index in [0.717, 1.165) is 11.3 Å². The van der Waals surface area contributed by atoms with E-state index in [9.17, 15) is 9.18 Å². The Morgan fingerprint density at radius 1 is 1.23 bits per heavy atom. The molecule has 5 rings (SSSR count). The molecule has 4 aromatic heterocycles. The molecule has 0 radical (unpaired) electrons. The molecule has 0 atom stereocenters. The number of fused-ring (bicyclic) bond motifs is 1. The molecule has 0 unspecified atom stereocenters. The highest BCUT2D eigenvalue weighted by Crippen LogP contribution is 2.39. The molecule has 1 fully saturated rings. The third kappa shape index (κ3) is 4.03. The molecule has 0 saturated heterocycles. The van der Waals surface area contributed by atoms with Gasteiger partial charge >= 0.3 is 0 Å². The Bertz CT molecular complexity index is 1260. The van der Waals surface area contributed by atoms with Crippen LogP contribution in [0.25, 0.3) is 5.65 Å². The molecule has 0 bridgehead atoms. The smallest absolute Gasteiger partial charge is 0.186 e. The van der Waals surface area contributed by atoms with Crippen LogP contribution in [0.4, 0.5) is 4.39 Å². The summed E-state index contributed by atoms with van der Waals surface area (Å²) in [6.45, 7) is 0.410. The first kappa shape index (κ1) is 19.3. The van der Waals surface area contributed by atoms with Gasteiger partial charge in [-0.3, -0.25) is 9.78 Å². The van der Waals surface area contributed by atoms with Crippen LogP contribution in [-0.4, -0.2) is 42.3 Å². The highest BCUT2D eigenvalue weighted by atomic mass is 19.1. The first-order valence-corrected chi connectivity index (χ1v) is 10.2. The minimum atomic E-state index is -0.543. The molecule has 0 amide bonds. The molecule has 8 nitrogen and oxygen atoms in total. The topological polar surface area (TPSA) is 87.2 Å². The maximum Gasteiger partial charge on any atom is 0.186 e. The lowest BCUT2D eigenvalue weighted by Crippen LogP contribution is -2.05. The van der Waals surface area contributed by atoms with Gasteiger partial charge < -0.3 is 9.14 Å². The first-order valence-electron chi connectivity index (χ1n) is 10.2. The zero-order valence-electron chi connectivity index (χ0n) is 17.0. The lowest BCUT2D eigenvalue weighted by Gasteiger charge is -2.05. The Kier molecular flexibility index (Phi) is 4.93. The normalized spacial score (nSPS) is 13.6. The maximum atomic E-state index is 14.2. The van der Waals surface area contributed by atoms with Gasteiger partial charge in [0.25, 0.3) is 0 Å². The van der Waals surface area contributed by atoms with E-state index in [0.29, 0.717) is 12.5 Å². The molecular weight excluding hydrogens is 399 g/mol. The summed E-state index contributed by atoms with van der Waals surface area (Å²) in [4.78, 5) is 21.1. The largest absolute Gasteiger partial charge is 0.494 e. The molecule has 31 heavy (non-hydrogen) atoms. The maximum absolute atomic E-state index is 14.2. The molecule has 0 aromatic carbocycles. The van der Waals surface area contributed by atoms with E-state index in [4.69, 9.17) is 4.74 Å². The average Bonchev–Trinajstić information content (AvgIpc) is 3.39. The average molecular weight is 420 g/mol. The van der Waals surface area contributed by atoms with E-state index >= 15 is 0 Å². The van der Waals surface area contributed by atoms with Crippen LogP contribution in [0.3, 0.4) is 0 Å². The number of ketones is 1. The Morgan fingerprint density at radius 2 is 2.10 bits per heavy atom. The van der Waals surface area contributed by atoms with Crippen molar-refractivity contribution in [2.24, 2.45) is 0 Å². The molecule has 1 aliphatic rings. The molecule has 0 aliphatic heterocycles. The third-order valence-electron chi connectivity index (χ3n) is 5.46. The number of aromatic nitrogens is 6. The van der Waals surface area contributed by atoms with Gasteiger partial charge in [-0.2, -0.15) is 0 Å². The van der Waals surface area contributed by atoms with Crippen LogP contribution in [-0.2, 0) is 13.0 Å². The van der Waals surface area contributed by atoms with Crippen LogP contribution in [0.1, 0.15) is 52.6 Å². The predicted octanol–water partition coefficient (Wildman–Crippen LogP) is 3.21. The van der Waals surface area contributed by atoms with E-state index in [1.165, 1.54) is 37.8 Å². The number of carbonyl (C=O) groups is 1. The van der Waals surface area contributed by atoms with Gasteiger partial charge in [0, 0.05) is 37.5 Å². The van der Waals surface area contributed by atoms with E-state index in [2.05, 4.69) is 32.5 Å². The zero-order valence-corrected chi connectivity index (χ0v) is 17.0. The number of hydrogen-bond donors (Lipinski definition) is 0. The van der Waals surface area contributed by atoms with Crippen molar-refractivity contribution in [1.82, 2.24) is 29.4 Å². The first-order chi connectivity index (χ1) is 15.1. The number of imidazole rings is 1. The molecule has 4 aromatic rings. The van der Waals surface area contributed by atoms with Gasteiger partial charge in [0.2, 0.25) is 0 Å². The molecule has 0 spiro atoms. The lowest BCUT2D eigenvalue weighted by molar-refractivity contribution is 0.0977. The van der Waals surface area contributed by atoms with E-state index in [1.807, 2.05) is 16.7 Å². The number of nitrogens with zero attached hydrogens (tertiary/aromatic N) is 6. The van der Waals surface area contributed by atoms with Crippen LogP contribution < -0.4 is 4.74 Å². The predicted molar refractivity (Wildman–Crippen MR) is 110 cm³/mol. The van der Waals surface area contributed by atoms with Crippen LogP contribution in [0.15, 0.2) is 43.0 Å². The number of methoxy groups -OCH3 is 1. The fourth-order valence-electron chi connectivity index (χ4n) is 3.62. The van der Waals surface area contributed by atoms with Crippen LogP contribution >= 0.6 is 0 Å². The second-order valence-corrected chi connectivity index (χ2v) is 7.73. The number of Topliss-reactive ketones (excluding diaryl/α,β-unsaturated/α-hetero) is 1. The van der Waals surface area contributed by atoms with Crippen molar-refractivity contribution in [1.29, 1.82) is 0 Å². The summed E-state index contributed by atoms with van der Waals surface area (Å²) >= 11 is 0. The number of pyridine rings is 2. The summed E-state index contributed by atoms with van der Waals surface area (Å²) in [5, 5.41) is 8.02. The second kappa shape index (κ2) is 7.90. The summed E-state index contributed by atoms with van der Waals surface area (Å²) in [6, 6.07) is 5.60. The van der Waals surface area contributed by atoms with Gasteiger partial charge in [0.1, 0.15) is 11.3 Å². The van der Waals surface area contributed by atoms with Crippen molar-refractivity contribution < 1.29 is 13.9 Å². The Labute approximate surface area is 177 Å². The summed E-state index contributed by atoms with van der Waals surface area (Å²) in [5.41, 5.74) is 3.48. The Balaban J connectivity index is 1.24.